The van der Waals surface area contributed by atoms with Gasteiger partial charge in [-0.1, -0.05) is 11.6 Å². The van der Waals surface area contributed by atoms with Crippen LogP contribution in [0.5, 0.6) is 0 Å². The van der Waals surface area contributed by atoms with E-state index in [1.165, 1.54) is 5.56 Å². The van der Waals surface area contributed by atoms with Crippen LogP contribution in [0, 0.1) is 12.8 Å². The molecule has 0 bridgehead atoms. The number of amides is 1. The highest BCUT2D eigenvalue weighted by Crippen LogP contribution is 2.20. The second-order valence-electron chi connectivity index (χ2n) is 5.80. The third kappa shape index (κ3) is 3.08. The van der Waals surface area contributed by atoms with Crippen LogP contribution in [0.4, 0.5) is 0 Å². The van der Waals surface area contributed by atoms with E-state index in [-0.39, 0.29) is 5.91 Å². The van der Waals surface area contributed by atoms with Crippen molar-refractivity contribution >= 4 is 16.8 Å². The second-order valence-corrected chi connectivity index (χ2v) is 5.80. The summed E-state index contributed by atoms with van der Waals surface area (Å²) >= 11 is 0. The monoisotopic (exact) mass is 287 g/mol. The van der Waals surface area contributed by atoms with E-state index in [4.69, 9.17) is 4.74 Å². The van der Waals surface area contributed by atoms with Gasteiger partial charge in [0.2, 0.25) is 5.91 Å². The van der Waals surface area contributed by atoms with Gasteiger partial charge in [-0.15, -0.1) is 0 Å². The molecule has 0 radical (unpaired) electrons. The summed E-state index contributed by atoms with van der Waals surface area (Å²) in [5.41, 5.74) is 3.22. The summed E-state index contributed by atoms with van der Waals surface area (Å²) in [6, 6.07) is 6.26. The number of fused-ring (bicyclic) bond motifs is 1. The Hall–Kier alpha value is -1.88. The predicted octanol–water partition coefficient (Wildman–Crippen LogP) is 1.92. The second kappa shape index (κ2) is 5.85. The zero-order chi connectivity index (χ0) is 14.8. The number of aryl methyl sites for hydroxylation is 2. The molecule has 1 aromatic carbocycles. The van der Waals surface area contributed by atoms with Gasteiger partial charge in [0.25, 0.3) is 0 Å². The topological polar surface area (TPSA) is 56.1 Å². The normalized spacial score (nSPS) is 18.3. The number of rotatable bonds is 4. The Balaban J connectivity index is 1.67. The molecule has 5 heteroatoms. The number of aromatic nitrogens is 2. The van der Waals surface area contributed by atoms with Crippen LogP contribution < -0.4 is 5.32 Å². The molecule has 1 amide bonds. The molecule has 1 atom stereocenters. The lowest BCUT2D eigenvalue weighted by Crippen LogP contribution is -2.25. The molecule has 1 saturated heterocycles. The van der Waals surface area contributed by atoms with Gasteiger partial charge >= 0.3 is 0 Å². The molecule has 1 aromatic heterocycles. The maximum absolute atomic E-state index is 12.0. The smallest absolute Gasteiger partial charge is 0.220 e. The highest BCUT2D eigenvalue weighted by molar-refractivity contribution is 5.83. The van der Waals surface area contributed by atoms with E-state index < -0.39 is 0 Å². The van der Waals surface area contributed by atoms with E-state index in [1.807, 2.05) is 11.7 Å². The Bertz CT molecular complexity index is 657. The summed E-state index contributed by atoms with van der Waals surface area (Å²) in [5, 5.41) is 8.61. The lowest BCUT2D eigenvalue weighted by molar-refractivity contribution is -0.122. The summed E-state index contributed by atoms with van der Waals surface area (Å²) in [7, 11) is 1.93. The zero-order valence-corrected chi connectivity index (χ0v) is 12.6. The van der Waals surface area contributed by atoms with Crippen LogP contribution in [0.2, 0.25) is 0 Å². The minimum absolute atomic E-state index is 0.0805. The Morgan fingerprint density at radius 2 is 2.38 bits per heavy atom. The number of benzene rings is 1. The minimum atomic E-state index is 0.0805. The van der Waals surface area contributed by atoms with E-state index >= 15 is 0 Å². The van der Waals surface area contributed by atoms with Crippen molar-refractivity contribution in [1.29, 1.82) is 0 Å². The van der Waals surface area contributed by atoms with Gasteiger partial charge in [-0.3, -0.25) is 9.48 Å². The highest BCUT2D eigenvalue weighted by Gasteiger charge is 2.19. The number of hydrogen-bond donors (Lipinski definition) is 1. The molecule has 1 aliphatic rings. The van der Waals surface area contributed by atoms with E-state index in [0.29, 0.717) is 25.5 Å². The largest absolute Gasteiger partial charge is 0.381 e. The first kappa shape index (κ1) is 14.1. The van der Waals surface area contributed by atoms with Gasteiger partial charge in [-0.05, 0) is 31.4 Å². The number of carbonyl (C=O) groups excluding carboxylic acids is 1. The first-order valence-electron chi connectivity index (χ1n) is 7.40. The molecule has 0 saturated carbocycles. The van der Waals surface area contributed by atoms with Crippen LogP contribution in [0.15, 0.2) is 18.2 Å². The van der Waals surface area contributed by atoms with Crippen LogP contribution in [-0.2, 0) is 23.1 Å². The number of nitrogens with zero attached hydrogens (tertiary/aromatic N) is 2. The van der Waals surface area contributed by atoms with Crippen LogP contribution in [0.3, 0.4) is 0 Å². The third-order valence-electron chi connectivity index (χ3n) is 4.03. The van der Waals surface area contributed by atoms with E-state index in [9.17, 15) is 4.79 Å². The molecule has 21 heavy (non-hydrogen) atoms. The van der Waals surface area contributed by atoms with Crippen molar-refractivity contribution in [2.75, 3.05) is 13.2 Å². The van der Waals surface area contributed by atoms with Gasteiger partial charge in [-0.25, -0.2) is 0 Å². The van der Waals surface area contributed by atoms with Crippen LogP contribution in [0.1, 0.15) is 24.1 Å². The Morgan fingerprint density at radius 1 is 1.52 bits per heavy atom. The molecule has 1 fully saturated rings. The number of ether oxygens (including phenoxy) is 1. The van der Waals surface area contributed by atoms with Gasteiger partial charge in [-0.2, -0.15) is 5.10 Å². The molecule has 0 unspecified atom stereocenters. The third-order valence-corrected chi connectivity index (χ3v) is 4.03. The summed E-state index contributed by atoms with van der Waals surface area (Å²) in [4.78, 5) is 12.0. The SMILES string of the molecule is Cc1ccc2c(c1)c(CNC(=O)C[C@@H]1CCOC1)nn2C. The number of hydrogen-bond acceptors (Lipinski definition) is 3. The first-order valence-corrected chi connectivity index (χ1v) is 7.40. The minimum Gasteiger partial charge on any atom is -0.381 e. The summed E-state index contributed by atoms with van der Waals surface area (Å²) < 4.78 is 7.16. The van der Waals surface area contributed by atoms with Crippen molar-refractivity contribution in [3.63, 3.8) is 0 Å². The summed E-state index contributed by atoms with van der Waals surface area (Å²) in [6.45, 7) is 4.03. The fourth-order valence-electron chi connectivity index (χ4n) is 2.84. The van der Waals surface area contributed by atoms with Gasteiger partial charge < -0.3 is 10.1 Å². The van der Waals surface area contributed by atoms with Crippen LogP contribution in [-0.4, -0.2) is 28.9 Å². The van der Waals surface area contributed by atoms with Crippen molar-refractivity contribution in [3.05, 3.63) is 29.5 Å². The number of carbonyl (C=O) groups is 1. The van der Waals surface area contributed by atoms with E-state index in [2.05, 4.69) is 35.5 Å². The summed E-state index contributed by atoms with van der Waals surface area (Å²) in [6.07, 6.45) is 1.53. The first-order chi connectivity index (χ1) is 10.1. The Morgan fingerprint density at radius 3 is 3.14 bits per heavy atom. The molecule has 2 heterocycles. The van der Waals surface area contributed by atoms with Crippen molar-refractivity contribution in [1.82, 2.24) is 15.1 Å². The van der Waals surface area contributed by atoms with Crippen LogP contribution in [0.25, 0.3) is 10.9 Å². The molecular formula is C16H21N3O2. The lowest BCUT2D eigenvalue weighted by atomic mass is 10.0. The Labute approximate surface area is 124 Å². The molecule has 112 valence electrons. The molecular weight excluding hydrogens is 266 g/mol. The fourth-order valence-corrected chi connectivity index (χ4v) is 2.84. The summed E-state index contributed by atoms with van der Waals surface area (Å²) in [5.74, 6) is 0.449. The lowest BCUT2D eigenvalue weighted by Gasteiger charge is -2.07. The van der Waals surface area contributed by atoms with Crippen LogP contribution >= 0.6 is 0 Å². The standard InChI is InChI=1S/C16H21N3O2/c1-11-3-4-15-13(7-11)14(18-19(15)2)9-17-16(20)8-12-5-6-21-10-12/h3-4,7,12H,5-6,8-10H2,1-2H3,(H,17,20)/t12-/m0/s1. The quantitative estimate of drug-likeness (QED) is 0.934. The predicted molar refractivity (Wildman–Crippen MR) is 80.8 cm³/mol. The highest BCUT2D eigenvalue weighted by atomic mass is 16.5. The molecule has 2 aromatic rings. The molecule has 5 nitrogen and oxygen atoms in total. The van der Waals surface area contributed by atoms with E-state index in [0.717, 1.165) is 29.6 Å². The van der Waals surface area contributed by atoms with Gasteiger partial charge in [0.1, 0.15) is 0 Å². The van der Waals surface area contributed by atoms with Crippen molar-refractivity contribution < 1.29 is 9.53 Å². The van der Waals surface area contributed by atoms with Crippen molar-refractivity contribution in [3.8, 4) is 0 Å². The molecule has 3 rings (SSSR count). The fraction of sp³-hybridized carbons (Fsp3) is 0.500. The Kier molecular flexibility index (Phi) is 3.92. The zero-order valence-electron chi connectivity index (χ0n) is 12.6. The molecule has 0 spiro atoms. The van der Waals surface area contributed by atoms with Gasteiger partial charge in [0.05, 0.1) is 17.8 Å². The molecule has 1 aliphatic heterocycles. The number of nitrogens with one attached hydrogen (secondary N) is 1. The maximum Gasteiger partial charge on any atom is 0.220 e. The maximum atomic E-state index is 12.0. The average Bonchev–Trinajstić information content (AvgIpc) is 3.05. The molecule has 0 aliphatic carbocycles. The van der Waals surface area contributed by atoms with Crippen molar-refractivity contribution in [2.24, 2.45) is 13.0 Å². The van der Waals surface area contributed by atoms with Crippen molar-refractivity contribution in [2.45, 2.75) is 26.3 Å². The van der Waals surface area contributed by atoms with Gasteiger partial charge in [0.15, 0.2) is 0 Å². The van der Waals surface area contributed by atoms with E-state index in [1.54, 1.807) is 0 Å². The average molecular weight is 287 g/mol. The molecule has 1 N–H and O–H groups in total. The van der Waals surface area contributed by atoms with Gasteiger partial charge in [0, 0.05) is 32.1 Å².